The van der Waals surface area contributed by atoms with Crippen LogP contribution in [0.5, 0.6) is 5.75 Å². The van der Waals surface area contributed by atoms with Gasteiger partial charge in [0.2, 0.25) is 0 Å². The molecule has 0 spiro atoms. The summed E-state index contributed by atoms with van der Waals surface area (Å²) >= 11 is 3.32. The van der Waals surface area contributed by atoms with Gasteiger partial charge in [0.1, 0.15) is 17.4 Å². The molecule has 0 aliphatic carbocycles. The summed E-state index contributed by atoms with van der Waals surface area (Å²) in [7, 11) is 0. The summed E-state index contributed by atoms with van der Waals surface area (Å²) in [5.74, 6) is -0.614. The van der Waals surface area contributed by atoms with E-state index in [0.29, 0.717) is 22.6 Å². The summed E-state index contributed by atoms with van der Waals surface area (Å²) in [5.41, 5.74) is 1.65. The van der Waals surface area contributed by atoms with Gasteiger partial charge in [-0.05, 0) is 59.5 Å². The quantitative estimate of drug-likeness (QED) is 0.151. The number of nitriles is 1. The molecule has 0 bridgehead atoms. The Labute approximate surface area is 199 Å². The van der Waals surface area contributed by atoms with Crippen LogP contribution in [-0.2, 0) is 4.79 Å². The first-order valence-electron chi connectivity index (χ1n) is 10.0. The summed E-state index contributed by atoms with van der Waals surface area (Å²) in [6, 6.07) is 28.7. The Morgan fingerprint density at radius 1 is 0.879 bits per heavy atom. The number of halogens is 1. The second kappa shape index (κ2) is 9.94. The molecule has 1 amide bonds. The molecule has 0 aromatic heterocycles. The van der Waals surface area contributed by atoms with Crippen LogP contribution in [0.3, 0.4) is 0 Å². The fraction of sp³-hybridized carbons (Fsp3) is 0. The van der Waals surface area contributed by atoms with Crippen molar-refractivity contribution in [1.29, 1.82) is 5.26 Å². The number of ether oxygens (including phenoxy) is 1. The first kappa shape index (κ1) is 22.0. The number of benzene rings is 4. The molecule has 0 unspecified atom stereocenters. The maximum atomic E-state index is 12.7. The van der Waals surface area contributed by atoms with Gasteiger partial charge in [0.25, 0.3) is 5.91 Å². The lowest BCUT2D eigenvalue weighted by Gasteiger charge is -2.08. The lowest BCUT2D eigenvalue weighted by atomic mass is 10.1. The molecule has 4 rings (SSSR count). The van der Waals surface area contributed by atoms with Gasteiger partial charge >= 0.3 is 5.97 Å². The van der Waals surface area contributed by atoms with E-state index >= 15 is 0 Å². The second-order valence-corrected chi connectivity index (χ2v) is 8.03. The number of hydrogen-bond donors (Lipinski definition) is 1. The van der Waals surface area contributed by atoms with Gasteiger partial charge in [0.15, 0.2) is 0 Å². The Bertz CT molecular complexity index is 1400. The molecule has 33 heavy (non-hydrogen) atoms. The first-order chi connectivity index (χ1) is 16.0. The Kier molecular flexibility index (Phi) is 6.63. The SMILES string of the molecule is N#C/C(=C\c1ccc(OC(=O)c2ccc(Br)cc2)cc1)C(=O)Nc1cccc2ccccc12. The summed E-state index contributed by atoms with van der Waals surface area (Å²) < 4.78 is 6.24. The van der Waals surface area contributed by atoms with Crippen LogP contribution in [-0.4, -0.2) is 11.9 Å². The summed E-state index contributed by atoms with van der Waals surface area (Å²) in [4.78, 5) is 25.0. The Hall–Kier alpha value is -4.21. The minimum Gasteiger partial charge on any atom is -0.423 e. The van der Waals surface area contributed by atoms with Crippen molar-refractivity contribution in [2.24, 2.45) is 0 Å². The number of fused-ring (bicyclic) bond motifs is 1. The zero-order valence-corrected chi connectivity index (χ0v) is 18.9. The number of nitrogens with zero attached hydrogens (tertiary/aromatic N) is 1. The monoisotopic (exact) mass is 496 g/mol. The van der Waals surface area contributed by atoms with Crippen molar-refractivity contribution in [2.75, 3.05) is 5.32 Å². The number of hydrogen-bond acceptors (Lipinski definition) is 4. The standard InChI is InChI=1S/C27H17BrN2O3/c28-22-12-10-20(11-13-22)27(32)33-23-14-8-18(9-15-23)16-21(17-29)26(31)30-25-7-3-5-19-4-1-2-6-24(19)25/h1-16H,(H,30,31)/b21-16+. The van der Waals surface area contributed by atoms with Crippen LogP contribution < -0.4 is 10.1 Å². The predicted octanol–water partition coefficient (Wildman–Crippen LogP) is 6.37. The maximum Gasteiger partial charge on any atom is 0.343 e. The second-order valence-electron chi connectivity index (χ2n) is 7.12. The molecular formula is C27H17BrN2O3. The van der Waals surface area contributed by atoms with E-state index in [-0.39, 0.29) is 5.57 Å². The highest BCUT2D eigenvalue weighted by molar-refractivity contribution is 9.10. The number of amides is 1. The molecule has 0 saturated carbocycles. The minimum absolute atomic E-state index is 0.0393. The van der Waals surface area contributed by atoms with Crippen molar-refractivity contribution >= 4 is 50.3 Å². The van der Waals surface area contributed by atoms with Gasteiger partial charge in [-0.3, -0.25) is 4.79 Å². The molecule has 5 nitrogen and oxygen atoms in total. The zero-order chi connectivity index (χ0) is 23.2. The molecule has 1 N–H and O–H groups in total. The number of esters is 1. The van der Waals surface area contributed by atoms with Crippen LogP contribution in [0.15, 0.2) is 101 Å². The van der Waals surface area contributed by atoms with Gasteiger partial charge in [-0.15, -0.1) is 0 Å². The van der Waals surface area contributed by atoms with Crippen molar-refractivity contribution in [1.82, 2.24) is 0 Å². The Morgan fingerprint density at radius 2 is 1.58 bits per heavy atom. The van der Waals surface area contributed by atoms with Gasteiger partial charge in [-0.1, -0.05) is 64.5 Å². The van der Waals surface area contributed by atoms with E-state index in [1.54, 1.807) is 54.6 Å². The van der Waals surface area contributed by atoms with Gasteiger partial charge < -0.3 is 10.1 Å². The fourth-order valence-corrected chi connectivity index (χ4v) is 3.49. The van der Waals surface area contributed by atoms with E-state index in [4.69, 9.17) is 4.74 Å². The van der Waals surface area contributed by atoms with Crippen LogP contribution in [0.2, 0.25) is 0 Å². The van der Waals surface area contributed by atoms with E-state index in [1.807, 2.05) is 42.5 Å². The molecule has 4 aromatic rings. The Morgan fingerprint density at radius 3 is 2.30 bits per heavy atom. The van der Waals surface area contributed by atoms with Crippen molar-refractivity contribution in [3.05, 3.63) is 112 Å². The molecule has 4 aromatic carbocycles. The smallest absolute Gasteiger partial charge is 0.343 e. The van der Waals surface area contributed by atoms with Crippen LogP contribution in [0.1, 0.15) is 15.9 Å². The Balaban J connectivity index is 1.47. The van der Waals surface area contributed by atoms with Gasteiger partial charge in [-0.2, -0.15) is 5.26 Å². The van der Waals surface area contributed by atoms with E-state index in [1.165, 1.54) is 6.08 Å². The molecular weight excluding hydrogens is 480 g/mol. The third kappa shape index (κ3) is 5.35. The van der Waals surface area contributed by atoms with E-state index in [0.717, 1.165) is 15.2 Å². The molecule has 0 heterocycles. The third-order valence-electron chi connectivity index (χ3n) is 4.88. The fourth-order valence-electron chi connectivity index (χ4n) is 3.22. The predicted molar refractivity (Wildman–Crippen MR) is 132 cm³/mol. The molecule has 0 aliphatic rings. The molecule has 0 atom stereocenters. The first-order valence-corrected chi connectivity index (χ1v) is 10.8. The molecule has 160 valence electrons. The van der Waals surface area contributed by atoms with Gasteiger partial charge in [0.05, 0.1) is 5.56 Å². The molecule has 0 radical (unpaired) electrons. The molecule has 6 heteroatoms. The number of nitrogens with one attached hydrogen (secondary N) is 1. The number of rotatable bonds is 5. The van der Waals surface area contributed by atoms with Crippen LogP contribution in [0, 0.1) is 11.3 Å². The zero-order valence-electron chi connectivity index (χ0n) is 17.3. The van der Waals surface area contributed by atoms with Crippen molar-refractivity contribution in [3.8, 4) is 11.8 Å². The topological polar surface area (TPSA) is 79.2 Å². The number of anilines is 1. The van der Waals surface area contributed by atoms with E-state index in [2.05, 4.69) is 21.2 Å². The highest BCUT2D eigenvalue weighted by atomic mass is 79.9. The van der Waals surface area contributed by atoms with Crippen LogP contribution >= 0.6 is 15.9 Å². The number of carbonyl (C=O) groups is 2. The summed E-state index contributed by atoms with van der Waals surface area (Å²) in [6.07, 6.45) is 1.49. The van der Waals surface area contributed by atoms with Gasteiger partial charge in [-0.25, -0.2) is 4.79 Å². The van der Waals surface area contributed by atoms with E-state index in [9.17, 15) is 14.9 Å². The third-order valence-corrected chi connectivity index (χ3v) is 5.41. The largest absolute Gasteiger partial charge is 0.423 e. The highest BCUT2D eigenvalue weighted by Crippen LogP contribution is 2.24. The highest BCUT2D eigenvalue weighted by Gasteiger charge is 2.12. The lowest BCUT2D eigenvalue weighted by Crippen LogP contribution is -2.13. The van der Waals surface area contributed by atoms with Crippen molar-refractivity contribution in [2.45, 2.75) is 0 Å². The summed E-state index contributed by atoms with van der Waals surface area (Å²) in [5, 5.41) is 14.2. The average Bonchev–Trinajstić information content (AvgIpc) is 2.84. The lowest BCUT2D eigenvalue weighted by molar-refractivity contribution is -0.112. The van der Waals surface area contributed by atoms with Gasteiger partial charge in [0, 0.05) is 15.5 Å². The normalized spacial score (nSPS) is 11.0. The minimum atomic E-state index is -0.500. The van der Waals surface area contributed by atoms with E-state index < -0.39 is 11.9 Å². The summed E-state index contributed by atoms with van der Waals surface area (Å²) in [6.45, 7) is 0. The molecule has 0 saturated heterocycles. The van der Waals surface area contributed by atoms with Crippen molar-refractivity contribution in [3.63, 3.8) is 0 Å². The molecule has 0 fully saturated rings. The molecule has 0 aliphatic heterocycles. The van der Waals surface area contributed by atoms with Crippen LogP contribution in [0.4, 0.5) is 5.69 Å². The average molecular weight is 497 g/mol. The van der Waals surface area contributed by atoms with Crippen molar-refractivity contribution < 1.29 is 14.3 Å². The number of carbonyl (C=O) groups excluding carboxylic acids is 2. The van der Waals surface area contributed by atoms with Crippen LogP contribution in [0.25, 0.3) is 16.8 Å². The maximum absolute atomic E-state index is 12.7.